The highest BCUT2D eigenvalue weighted by atomic mass is 19.1. The van der Waals surface area contributed by atoms with Gasteiger partial charge in [-0.3, -0.25) is 0 Å². The van der Waals surface area contributed by atoms with Crippen LogP contribution in [-0.4, -0.2) is 12.1 Å². The Balaban J connectivity index is 2.62. The number of benzene rings is 1. The second kappa shape index (κ2) is 6.74. The van der Waals surface area contributed by atoms with Gasteiger partial charge < -0.3 is 10.1 Å². The van der Waals surface area contributed by atoms with Gasteiger partial charge in [0.1, 0.15) is 11.6 Å². The fraction of sp³-hybridized carbons (Fsp3) is 0.600. The zero-order valence-corrected chi connectivity index (χ0v) is 11.8. The average molecular weight is 253 g/mol. The molecule has 1 rings (SSSR count). The SMILES string of the molecule is CCCCOc1cc(F)cc(CNC(C)(C)C)c1. The Hall–Kier alpha value is -1.09. The summed E-state index contributed by atoms with van der Waals surface area (Å²) < 4.78 is 19.0. The predicted octanol–water partition coefficient (Wildman–Crippen LogP) is 3.89. The van der Waals surface area contributed by atoms with Gasteiger partial charge in [0.05, 0.1) is 6.61 Å². The first-order chi connectivity index (χ1) is 8.40. The van der Waals surface area contributed by atoms with Crippen LogP contribution in [-0.2, 0) is 6.54 Å². The molecule has 0 bridgehead atoms. The van der Waals surface area contributed by atoms with E-state index >= 15 is 0 Å². The summed E-state index contributed by atoms with van der Waals surface area (Å²) in [4.78, 5) is 0. The lowest BCUT2D eigenvalue weighted by Crippen LogP contribution is -2.35. The van der Waals surface area contributed by atoms with E-state index in [4.69, 9.17) is 4.74 Å². The fourth-order valence-corrected chi connectivity index (χ4v) is 1.51. The number of nitrogens with one attached hydrogen (secondary N) is 1. The topological polar surface area (TPSA) is 21.3 Å². The molecule has 2 nitrogen and oxygen atoms in total. The summed E-state index contributed by atoms with van der Waals surface area (Å²) in [6.45, 7) is 9.66. The molecule has 0 aromatic heterocycles. The molecule has 0 unspecified atom stereocenters. The van der Waals surface area contributed by atoms with Crippen molar-refractivity contribution in [1.82, 2.24) is 5.32 Å². The van der Waals surface area contributed by atoms with Gasteiger partial charge in [0, 0.05) is 18.2 Å². The van der Waals surface area contributed by atoms with Crippen LogP contribution in [0.1, 0.15) is 46.1 Å². The molecule has 1 aromatic rings. The van der Waals surface area contributed by atoms with E-state index in [1.807, 2.05) is 6.07 Å². The minimum Gasteiger partial charge on any atom is -0.493 e. The van der Waals surface area contributed by atoms with Gasteiger partial charge in [0.15, 0.2) is 0 Å². The molecule has 0 amide bonds. The molecular weight excluding hydrogens is 229 g/mol. The molecule has 18 heavy (non-hydrogen) atoms. The van der Waals surface area contributed by atoms with Gasteiger partial charge in [-0.15, -0.1) is 0 Å². The summed E-state index contributed by atoms with van der Waals surface area (Å²) in [6.07, 6.45) is 2.07. The molecule has 0 saturated carbocycles. The van der Waals surface area contributed by atoms with Crippen molar-refractivity contribution in [1.29, 1.82) is 0 Å². The van der Waals surface area contributed by atoms with Gasteiger partial charge in [0.2, 0.25) is 0 Å². The first-order valence-corrected chi connectivity index (χ1v) is 6.58. The normalized spacial score (nSPS) is 11.6. The second-order valence-electron chi connectivity index (χ2n) is 5.60. The molecule has 0 spiro atoms. The van der Waals surface area contributed by atoms with Gasteiger partial charge in [0.25, 0.3) is 0 Å². The van der Waals surface area contributed by atoms with E-state index in [2.05, 4.69) is 33.0 Å². The standard InChI is InChI=1S/C15H24FNO/c1-5-6-7-18-14-9-12(8-13(16)10-14)11-17-15(2,3)4/h8-10,17H,5-7,11H2,1-4H3. The Bertz CT molecular complexity index is 371. The first kappa shape index (κ1) is 15.0. The number of ether oxygens (including phenoxy) is 1. The molecule has 102 valence electrons. The average Bonchev–Trinajstić information content (AvgIpc) is 2.25. The quantitative estimate of drug-likeness (QED) is 0.776. The highest BCUT2D eigenvalue weighted by Crippen LogP contribution is 2.17. The maximum atomic E-state index is 13.4. The number of unbranched alkanes of at least 4 members (excludes halogenated alkanes) is 1. The highest BCUT2D eigenvalue weighted by Gasteiger charge is 2.09. The molecule has 0 fully saturated rings. The Kier molecular flexibility index (Phi) is 5.60. The van der Waals surface area contributed by atoms with Crippen LogP contribution in [0, 0.1) is 5.82 Å². The van der Waals surface area contributed by atoms with Crippen molar-refractivity contribution < 1.29 is 9.13 Å². The van der Waals surface area contributed by atoms with Crippen LogP contribution in [0.4, 0.5) is 4.39 Å². The van der Waals surface area contributed by atoms with E-state index in [1.54, 1.807) is 6.07 Å². The number of halogens is 1. The maximum absolute atomic E-state index is 13.4. The minimum atomic E-state index is -0.241. The molecular formula is C15H24FNO. The summed E-state index contributed by atoms with van der Waals surface area (Å²) in [7, 11) is 0. The zero-order valence-electron chi connectivity index (χ0n) is 11.8. The Morgan fingerprint density at radius 1 is 1.22 bits per heavy atom. The maximum Gasteiger partial charge on any atom is 0.127 e. The molecule has 0 radical (unpaired) electrons. The van der Waals surface area contributed by atoms with Crippen molar-refractivity contribution in [3.63, 3.8) is 0 Å². The number of rotatable bonds is 6. The highest BCUT2D eigenvalue weighted by molar-refractivity contribution is 5.29. The molecule has 0 saturated heterocycles. The van der Waals surface area contributed by atoms with Crippen LogP contribution in [0.15, 0.2) is 18.2 Å². The van der Waals surface area contributed by atoms with Gasteiger partial charge in [-0.2, -0.15) is 0 Å². The third-order valence-electron chi connectivity index (χ3n) is 2.52. The van der Waals surface area contributed by atoms with Crippen LogP contribution in [0.2, 0.25) is 0 Å². The molecule has 0 aliphatic carbocycles. The molecule has 1 aromatic carbocycles. The summed E-state index contributed by atoms with van der Waals surface area (Å²) >= 11 is 0. The minimum absolute atomic E-state index is 0.0234. The second-order valence-corrected chi connectivity index (χ2v) is 5.60. The summed E-state index contributed by atoms with van der Waals surface area (Å²) in [5.41, 5.74) is 0.937. The van der Waals surface area contributed by atoms with Crippen molar-refractivity contribution >= 4 is 0 Å². The third kappa shape index (κ3) is 6.01. The smallest absolute Gasteiger partial charge is 0.127 e. The fourth-order valence-electron chi connectivity index (χ4n) is 1.51. The van der Waals surface area contributed by atoms with E-state index in [9.17, 15) is 4.39 Å². The van der Waals surface area contributed by atoms with E-state index in [-0.39, 0.29) is 11.4 Å². The van der Waals surface area contributed by atoms with Crippen molar-refractivity contribution in [2.45, 2.75) is 52.6 Å². The lowest BCUT2D eigenvalue weighted by atomic mass is 10.1. The zero-order chi connectivity index (χ0) is 13.6. The third-order valence-corrected chi connectivity index (χ3v) is 2.52. The van der Waals surface area contributed by atoms with Crippen LogP contribution in [0.25, 0.3) is 0 Å². The Morgan fingerprint density at radius 3 is 2.56 bits per heavy atom. The van der Waals surface area contributed by atoms with E-state index in [0.29, 0.717) is 18.9 Å². The van der Waals surface area contributed by atoms with Crippen LogP contribution >= 0.6 is 0 Å². The lowest BCUT2D eigenvalue weighted by molar-refractivity contribution is 0.307. The van der Waals surface area contributed by atoms with Gasteiger partial charge in [-0.05, 0) is 44.9 Å². The van der Waals surface area contributed by atoms with Crippen molar-refractivity contribution in [2.24, 2.45) is 0 Å². The van der Waals surface area contributed by atoms with Gasteiger partial charge in [-0.25, -0.2) is 4.39 Å². The largest absolute Gasteiger partial charge is 0.493 e. The lowest BCUT2D eigenvalue weighted by Gasteiger charge is -2.20. The summed E-state index contributed by atoms with van der Waals surface area (Å²) in [5, 5.41) is 3.34. The first-order valence-electron chi connectivity index (χ1n) is 6.58. The Labute approximate surface area is 110 Å². The Morgan fingerprint density at radius 2 is 1.94 bits per heavy atom. The molecule has 1 N–H and O–H groups in total. The van der Waals surface area contributed by atoms with Gasteiger partial charge in [-0.1, -0.05) is 13.3 Å². The molecule has 0 atom stereocenters. The molecule has 0 aliphatic rings. The van der Waals surface area contributed by atoms with Crippen molar-refractivity contribution in [3.05, 3.63) is 29.6 Å². The molecule has 3 heteroatoms. The number of hydrogen-bond donors (Lipinski definition) is 1. The summed E-state index contributed by atoms with van der Waals surface area (Å²) in [6, 6.07) is 4.89. The van der Waals surface area contributed by atoms with Crippen molar-refractivity contribution in [3.8, 4) is 5.75 Å². The van der Waals surface area contributed by atoms with E-state index in [0.717, 1.165) is 18.4 Å². The van der Waals surface area contributed by atoms with E-state index in [1.165, 1.54) is 6.07 Å². The molecule has 0 heterocycles. The predicted molar refractivity (Wildman–Crippen MR) is 73.4 cm³/mol. The van der Waals surface area contributed by atoms with Gasteiger partial charge >= 0.3 is 0 Å². The monoisotopic (exact) mass is 253 g/mol. The molecule has 0 aliphatic heterocycles. The van der Waals surface area contributed by atoms with Crippen LogP contribution < -0.4 is 10.1 Å². The van der Waals surface area contributed by atoms with Crippen LogP contribution in [0.5, 0.6) is 5.75 Å². The summed E-state index contributed by atoms with van der Waals surface area (Å²) in [5.74, 6) is 0.379. The van der Waals surface area contributed by atoms with Crippen LogP contribution in [0.3, 0.4) is 0 Å². The van der Waals surface area contributed by atoms with E-state index < -0.39 is 0 Å². The van der Waals surface area contributed by atoms with Crippen molar-refractivity contribution in [2.75, 3.05) is 6.61 Å². The number of hydrogen-bond acceptors (Lipinski definition) is 2.